The van der Waals surface area contributed by atoms with Crippen molar-refractivity contribution in [2.45, 2.75) is 5.88 Å². The molecule has 0 atom stereocenters. The number of hydrogen-bond acceptors (Lipinski definition) is 3. The second kappa shape index (κ2) is 5.67. The highest BCUT2D eigenvalue weighted by Crippen LogP contribution is 2.30. The first-order valence-corrected chi connectivity index (χ1v) is 6.41. The van der Waals surface area contributed by atoms with Gasteiger partial charge in [0.05, 0.1) is 16.6 Å². The van der Waals surface area contributed by atoms with Crippen LogP contribution in [0.5, 0.6) is 11.6 Å². The van der Waals surface area contributed by atoms with Gasteiger partial charge >= 0.3 is 0 Å². The Balaban J connectivity index is 2.22. The van der Waals surface area contributed by atoms with Crippen LogP contribution in [0.4, 0.5) is 0 Å². The fourth-order valence-corrected chi connectivity index (χ4v) is 1.78. The van der Waals surface area contributed by atoms with Crippen molar-refractivity contribution in [2.24, 2.45) is 0 Å². The van der Waals surface area contributed by atoms with Crippen LogP contribution in [0.2, 0.25) is 5.02 Å². The van der Waals surface area contributed by atoms with Crippen LogP contribution in [0.15, 0.2) is 34.8 Å². The number of halogens is 3. The molecule has 0 aliphatic heterocycles. The summed E-state index contributed by atoms with van der Waals surface area (Å²) < 4.78 is 6.39. The van der Waals surface area contributed by atoms with Crippen molar-refractivity contribution in [2.75, 3.05) is 0 Å². The van der Waals surface area contributed by atoms with E-state index in [1.54, 1.807) is 24.3 Å². The van der Waals surface area contributed by atoms with Crippen molar-refractivity contribution in [3.8, 4) is 11.6 Å². The van der Waals surface area contributed by atoms with Crippen LogP contribution < -0.4 is 4.74 Å². The normalized spacial score (nSPS) is 10.3. The maximum atomic E-state index is 5.99. The maximum Gasteiger partial charge on any atom is 0.238 e. The van der Waals surface area contributed by atoms with E-state index in [4.69, 9.17) is 27.9 Å². The molecule has 6 heteroatoms. The van der Waals surface area contributed by atoms with Gasteiger partial charge < -0.3 is 4.74 Å². The molecule has 2 aromatic rings. The number of nitrogens with zero attached hydrogens (tertiary/aromatic N) is 2. The molecule has 3 nitrogen and oxygen atoms in total. The second-order valence-corrected chi connectivity index (χ2v) is 4.76. The SMILES string of the molecule is ClCc1ccc(Oc2cc(Br)ccc2Cl)nn1. The smallest absolute Gasteiger partial charge is 0.238 e. The Morgan fingerprint density at radius 1 is 1.18 bits per heavy atom. The molecule has 0 unspecified atom stereocenters. The molecular formula is C11H7BrCl2N2O. The van der Waals surface area contributed by atoms with Crippen molar-refractivity contribution < 1.29 is 4.74 Å². The lowest BCUT2D eigenvalue weighted by molar-refractivity contribution is 0.454. The van der Waals surface area contributed by atoms with Gasteiger partial charge in [0.2, 0.25) is 5.88 Å². The second-order valence-electron chi connectivity index (χ2n) is 3.17. The molecule has 0 aliphatic carbocycles. The zero-order valence-corrected chi connectivity index (χ0v) is 11.6. The van der Waals surface area contributed by atoms with Gasteiger partial charge in [0.15, 0.2) is 0 Å². The van der Waals surface area contributed by atoms with Gasteiger partial charge in [-0.1, -0.05) is 27.5 Å². The summed E-state index contributed by atoms with van der Waals surface area (Å²) in [6, 6.07) is 8.78. The lowest BCUT2D eigenvalue weighted by atomic mass is 10.3. The molecule has 1 heterocycles. The molecule has 1 aromatic carbocycles. The summed E-state index contributed by atoms with van der Waals surface area (Å²) in [6.07, 6.45) is 0. The van der Waals surface area contributed by atoms with Crippen LogP contribution in [0.3, 0.4) is 0 Å². The first-order valence-electron chi connectivity index (χ1n) is 4.70. The summed E-state index contributed by atoms with van der Waals surface area (Å²) >= 11 is 14.9. The van der Waals surface area contributed by atoms with E-state index in [2.05, 4.69) is 26.1 Å². The average molecular weight is 334 g/mol. The lowest BCUT2D eigenvalue weighted by Crippen LogP contribution is -1.93. The molecule has 0 amide bonds. The topological polar surface area (TPSA) is 35.0 Å². The molecular weight excluding hydrogens is 327 g/mol. The van der Waals surface area contributed by atoms with Crippen molar-refractivity contribution in [1.29, 1.82) is 0 Å². The monoisotopic (exact) mass is 332 g/mol. The lowest BCUT2D eigenvalue weighted by Gasteiger charge is -2.06. The minimum Gasteiger partial charge on any atom is -0.436 e. The molecule has 0 saturated heterocycles. The third kappa shape index (κ3) is 3.31. The summed E-state index contributed by atoms with van der Waals surface area (Å²) in [5.41, 5.74) is 0.694. The van der Waals surface area contributed by atoms with Crippen molar-refractivity contribution >= 4 is 39.1 Å². The Bertz CT molecular complexity index is 519. The highest BCUT2D eigenvalue weighted by Gasteiger charge is 2.05. The standard InChI is InChI=1S/C11H7BrCl2N2O/c12-7-1-3-9(14)10(5-7)17-11-4-2-8(6-13)15-16-11/h1-5H,6H2. The summed E-state index contributed by atoms with van der Waals surface area (Å²) in [7, 11) is 0. The highest BCUT2D eigenvalue weighted by molar-refractivity contribution is 9.10. The fraction of sp³-hybridized carbons (Fsp3) is 0.0909. The largest absolute Gasteiger partial charge is 0.436 e. The average Bonchev–Trinajstić information content (AvgIpc) is 2.35. The predicted molar refractivity (Wildman–Crippen MR) is 70.8 cm³/mol. The number of aromatic nitrogens is 2. The van der Waals surface area contributed by atoms with E-state index in [0.29, 0.717) is 28.2 Å². The summed E-state index contributed by atoms with van der Waals surface area (Å²) in [6.45, 7) is 0. The summed E-state index contributed by atoms with van der Waals surface area (Å²) in [5, 5.41) is 8.28. The number of hydrogen-bond donors (Lipinski definition) is 0. The number of ether oxygens (including phenoxy) is 1. The van der Waals surface area contributed by atoms with Gasteiger partial charge in [-0.2, -0.15) is 5.10 Å². The Hall–Kier alpha value is -0.840. The van der Waals surface area contributed by atoms with E-state index in [9.17, 15) is 0 Å². The van der Waals surface area contributed by atoms with E-state index in [1.165, 1.54) is 0 Å². The van der Waals surface area contributed by atoms with E-state index >= 15 is 0 Å². The molecule has 0 radical (unpaired) electrons. The quantitative estimate of drug-likeness (QED) is 0.780. The minimum atomic E-state index is 0.324. The molecule has 0 bridgehead atoms. The van der Waals surface area contributed by atoms with E-state index < -0.39 is 0 Å². The molecule has 88 valence electrons. The predicted octanol–water partition coefficient (Wildman–Crippen LogP) is 4.42. The van der Waals surface area contributed by atoms with Gasteiger partial charge in [-0.05, 0) is 24.3 Å². The third-order valence-corrected chi connectivity index (χ3v) is 3.02. The Morgan fingerprint density at radius 2 is 2.00 bits per heavy atom. The zero-order chi connectivity index (χ0) is 12.3. The molecule has 2 rings (SSSR count). The summed E-state index contributed by atoms with van der Waals surface area (Å²) in [4.78, 5) is 0. The summed E-state index contributed by atoms with van der Waals surface area (Å²) in [5.74, 6) is 1.22. The van der Waals surface area contributed by atoms with Gasteiger partial charge in [-0.25, -0.2) is 0 Å². The molecule has 0 saturated carbocycles. The first-order chi connectivity index (χ1) is 8.19. The highest BCUT2D eigenvalue weighted by atomic mass is 79.9. The Kier molecular flexibility index (Phi) is 4.20. The van der Waals surface area contributed by atoms with Crippen LogP contribution in [0.25, 0.3) is 0 Å². The molecule has 0 N–H and O–H groups in total. The fourth-order valence-electron chi connectivity index (χ4n) is 1.14. The number of benzene rings is 1. The molecule has 0 spiro atoms. The van der Waals surface area contributed by atoms with Crippen molar-refractivity contribution in [3.05, 3.63) is 45.5 Å². The van der Waals surface area contributed by atoms with Crippen LogP contribution in [0.1, 0.15) is 5.69 Å². The van der Waals surface area contributed by atoms with E-state index in [1.807, 2.05) is 6.07 Å². The van der Waals surface area contributed by atoms with Gasteiger partial charge in [0, 0.05) is 10.5 Å². The zero-order valence-electron chi connectivity index (χ0n) is 8.53. The Labute approximate surface area is 117 Å². The maximum absolute atomic E-state index is 5.99. The van der Waals surface area contributed by atoms with Crippen LogP contribution in [-0.2, 0) is 5.88 Å². The first kappa shape index (κ1) is 12.6. The minimum absolute atomic E-state index is 0.324. The van der Waals surface area contributed by atoms with Crippen LogP contribution in [0, 0.1) is 0 Å². The van der Waals surface area contributed by atoms with Gasteiger partial charge in [-0.3, -0.25) is 0 Å². The molecule has 17 heavy (non-hydrogen) atoms. The number of rotatable bonds is 3. The van der Waals surface area contributed by atoms with Crippen LogP contribution in [-0.4, -0.2) is 10.2 Å². The van der Waals surface area contributed by atoms with Crippen LogP contribution >= 0.6 is 39.1 Å². The molecule has 0 fully saturated rings. The van der Waals surface area contributed by atoms with E-state index in [-0.39, 0.29) is 0 Å². The van der Waals surface area contributed by atoms with E-state index in [0.717, 1.165) is 4.47 Å². The molecule has 1 aromatic heterocycles. The van der Waals surface area contributed by atoms with Gasteiger partial charge in [0.25, 0.3) is 0 Å². The van der Waals surface area contributed by atoms with Crippen molar-refractivity contribution in [3.63, 3.8) is 0 Å². The van der Waals surface area contributed by atoms with Crippen molar-refractivity contribution in [1.82, 2.24) is 10.2 Å². The Morgan fingerprint density at radius 3 is 2.65 bits per heavy atom. The van der Waals surface area contributed by atoms with Gasteiger partial charge in [-0.15, -0.1) is 16.7 Å². The number of alkyl halides is 1. The van der Waals surface area contributed by atoms with Gasteiger partial charge in [0.1, 0.15) is 5.75 Å². The third-order valence-electron chi connectivity index (χ3n) is 1.94. The molecule has 0 aliphatic rings.